The van der Waals surface area contributed by atoms with Gasteiger partial charge in [0.05, 0.1) is 16.6 Å². The van der Waals surface area contributed by atoms with Crippen LogP contribution >= 0.6 is 0 Å². The highest BCUT2D eigenvalue weighted by atomic mass is 19.2. The Balaban J connectivity index is 2.38. The number of aromatic nitrogens is 2. The van der Waals surface area contributed by atoms with E-state index in [-0.39, 0.29) is 13.0 Å². The first-order valence-electron chi connectivity index (χ1n) is 5.17. The molecule has 0 bridgehead atoms. The summed E-state index contributed by atoms with van der Waals surface area (Å²) in [6, 6.07) is 2.06. The molecule has 0 radical (unpaired) electrons. The number of nitrogens with one attached hydrogen (secondary N) is 1. The Morgan fingerprint density at radius 3 is 2.71 bits per heavy atom. The lowest BCUT2D eigenvalue weighted by atomic mass is 10.0. The summed E-state index contributed by atoms with van der Waals surface area (Å²) in [6.45, 7) is 1.65. The molecule has 1 unspecified atom stereocenters. The number of rotatable bonds is 3. The zero-order valence-electron chi connectivity index (χ0n) is 9.30. The summed E-state index contributed by atoms with van der Waals surface area (Å²) < 4.78 is 25.9. The maximum absolute atomic E-state index is 13.0. The second-order valence-electron chi connectivity index (χ2n) is 4.34. The molecule has 0 aliphatic rings. The van der Waals surface area contributed by atoms with Gasteiger partial charge in [0.15, 0.2) is 11.6 Å². The third-order valence-corrected chi connectivity index (χ3v) is 2.56. The van der Waals surface area contributed by atoms with Gasteiger partial charge in [-0.1, -0.05) is 0 Å². The third kappa shape index (κ3) is 2.42. The van der Waals surface area contributed by atoms with E-state index in [9.17, 15) is 13.9 Å². The molecule has 0 saturated heterocycles. The molecule has 4 N–H and O–H groups in total. The lowest BCUT2D eigenvalue weighted by Gasteiger charge is -2.18. The molecular formula is C11H13F2N3O. The summed E-state index contributed by atoms with van der Waals surface area (Å²) in [6.07, 6.45) is 0.196. The van der Waals surface area contributed by atoms with Crippen molar-refractivity contribution in [3.05, 3.63) is 29.6 Å². The highest BCUT2D eigenvalue weighted by Crippen LogP contribution is 2.18. The first-order chi connectivity index (χ1) is 7.91. The number of nitrogens with two attached hydrogens (primary N) is 1. The summed E-state index contributed by atoms with van der Waals surface area (Å²) in [5.74, 6) is -1.43. The third-order valence-electron chi connectivity index (χ3n) is 2.56. The van der Waals surface area contributed by atoms with Crippen molar-refractivity contribution in [3.8, 4) is 0 Å². The maximum Gasteiger partial charge on any atom is 0.161 e. The molecule has 1 atom stereocenters. The van der Waals surface area contributed by atoms with Gasteiger partial charge in [-0.15, -0.1) is 0 Å². The van der Waals surface area contributed by atoms with E-state index in [1.54, 1.807) is 6.92 Å². The van der Waals surface area contributed by atoms with Crippen LogP contribution in [-0.4, -0.2) is 27.2 Å². The fourth-order valence-corrected chi connectivity index (χ4v) is 1.57. The van der Waals surface area contributed by atoms with Crippen LogP contribution in [-0.2, 0) is 6.42 Å². The van der Waals surface area contributed by atoms with Crippen LogP contribution in [0, 0.1) is 11.6 Å². The number of aromatic amines is 1. The Morgan fingerprint density at radius 2 is 2.06 bits per heavy atom. The van der Waals surface area contributed by atoms with Crippen molar-refractivity contribution < 1.29 is 13.9 Å². The van der Waals surface area contributed by atoms with Crippen molar-refractivity contribution in [2.75, 3.05) is 6.54 Å². The second-order valence-corrected chi connectivity index (χ2v) is 4.34. The van der Waals surface area contributed by atoms with E-state index in [4.69, 9.17) is 5.73 Å². The molecule has 4 nitrogen and oxygen atoms in total. The molecule has 0 spiro atoms. The Bertz CT molecular complexity index is 512. The lowest BCUT2D eigenvalue weighted by Crippen LogP contribution is -2.36. The van der Waals surface area contributed by atoms with Crippen molar-refractivity contribution in [2.45, 2.75) is 18.9 Å². The van der Waals surface area contributed by atoms with E-state index in [1.165, 1.54) is 0 Å². The van der Waals surface area contributed by atoms with Gasteiger partial charge in [0.1, 0.15) is 5.82 Å². The molecule has 0 aliphatic carbocycles. The summed E-state index contributed by atoms with van der Waals surface area (Å²) in [7, 11) is 0. The number of aliphatic hydroxyl groups is 1. The Morgan fingerprint density at radius 1 is 1.41 bits per heavy atom. The molecule has 17 heavy (non-hydrogen) atoms. The molecule has 0 aliphatic heterocycles. The van der Waals surface area contributed by atoms with Gasteiger partial charge < -0.3 is 15.8 Å². The van der Waals surface area contributed by atoms with Crippen molar-refractivity contribution in [1.29, 1.82) is 0 Å². The summed E-state index contributed by atoms with van der Waals surface area (Å²) in [4.78, 5) is 6.89. The molecule has 6 heteroatoms. The van der Waals surface area contributed by atoms with Gasteiger partial charge in [0.2, 0.25) is 0 Å². The topological polar surface area (TPSA) is 74.9 Å². The van der Waals surface area contributed by atoms with Gasteiger partial charge in [-0.05, 0) is 6.92 Å². The van der Waals surface area contributed by atoms with E-state index in [1.807, 2.05) is 0 Å². The molecule has 0 amide bonds. The van der Waals surface area contributed by atoms with Crippen molar-refractivity contribution in [2.24, 2.45) is 5.73 Å². The zero-order chi connectivity index (χ0) is 12.6. The molecule has 1 aromatic heterocycles. The number of halogens is 2. The predicted octanol–water partition coefficient (Wildman–Crippen LogP) is 1.09. The minimum absolute atomic E-state index is 0.0762. The van der Waals surface area contributed by atoms with Crippen LogP contribution in [0.25, 0.3) is 11.0 Å². The summed E-state index contributed by atoms with van der Waals surface area (Å²) >= 11 is 0. The van der Waals surface area contributed by atoms with Crippen molar-refractivity contribution in [1.82, 2.24) is 9.97 Å². The van der Waals surface area contributed by atoms with Gasteiger partial charge in [-0.25, -0.2) is 13.8 Å². The number of fused-ring (bicyclic) bond motifs is 1. The molecule has 92 valence electrons. The van der Waals surface area contributed by atoms with E-state index in [0.717, 1.165) is 12.1 Å². The number of nitrogens with zero attached hydrogens (tertiary/aromatic N) is 1. The van der Waals surface area contributed by atoms with Gasteiger partial charge in [0, 0.05) is 25.1 Å². The van der Waals surface area contributed by atoms with Gasteiger partial charge >= 0.3 is 0 Å². The van der Waals surface area contributed by atoms with Crippen molar-refractivity contribution >= 4 is 11.0 Å². The fourth-order valence-electron chi connectivity index (χ4n) is 1.57. The molecule has 0 fully saturated rings. The van der Waals surface area contributed by atoms with Crippen LogP contribution in [0.5, 0.6) is 0 Å². The number of H-pyrrole nitrogens is 1. The van der Waals surface area contributed by atoms with E-state index >= 15 is 0 Å². The highest BCUT2D eigenvalue weighted by molar-refractivity contribution is 5.75. The fraction of sp³-hybridized carbons (Fsp3) is 0.364. The van der Waals surface area contributed by atoms with Gasteiger partial charge in [-0.2, -0.15) is 0 Å². The van der Waals surface area contributed by atoms with Crippen LogP contribution in [0.4, 0.5) is 8.78 Å². The number of hydrogen-bond acceptors (Lipinski definition) is 3. The average molecular weight is 241 g/mol. The highest BCUT2D eigenvalue weighted by Gasteiger charge is 2.21. The quantitative estimate of drug-likeness (QED) is 0.753. The smallest absolute Gasteiger partial charge is 0.161 e. The Hall–Kier alpha value is -1.53. The van der Waals surface area contributed by atoms with E-state index in [2.05, 4.69) is 9.97 Å². The monoisotopic (exact) mass is 241 g/mol. The number of imidazole rings is 1. The van der Waals surface area contributed by atoms with Crippen LogP contribution in [0.1, 0.15) is 12.7 Å². The normalized spacial score (nSPS) is 15.1. The number of hydrogen-bond donors (Lipinski definition) is 3. The Kier molecular flexibility index (Phi) is 2.84. The molecule has 1 heterocycles. The summed E-state index contributed by atoms with van der Waals surface area (Å²) in [5.41, 5.74) is 5.01. The van der Waals surface area contributed by atoms with E-state index < -0.39 is 17.2 Å². The Labute approximate surface area is 96.5 Å². The largest absolute Gasteiger partial charge is 0.388 e. The molecular weight excluding hydrogens is 228 g/mol. The zero-order valence-corrected chi connectivity index (χ0v) is 9.30. The van der Waals surface area contributed by atoms with Gasteiger partial charge in [0.25, 0.3) is 0 Å². The van der Waals surface area contributed by atoms with Crippen LogP contribution < -0.4 is 5.73 Å². The SMILES string of the molecule is CC(O)(CN)Cc1nc2cc(F)c(F)cc2[nH]1. The first kappa shape index (κ1) is 11.9. The van der Waals surface area contributed by atoms with Gasteiger partial charge in [-0.3, -0.25) is 0 Å². The standard InChI is InChI=1S/C11H13F2N3O/c1-11(17,5-14)4-10-15-8-2-6(12)7(13)3-9(8)16-10/h2-3,17H,4-5,14H2,1H3,(H,15,16). The van der Waals surface area contributed by atoms with Crippen LogP contribution in [0.15, 0.2) is 12.1 Å². The minimum atomic E-state index is -1.09. The van der Waals surface area contributed by atoms with E-state index in [0.29, 0.717) is 16.9 Å². The summed E-state index contributed by atoms with van der Waals surface area (Å²) in [5, 5.41) is 9.78. The van der Waals surface area contributed by atoms with Crippen molar-refractivity contribution in [3.63, 3.8) is 0 Å². The maximum atomic E-state index is 13.0. The second kappa shape index (κ2) is 4.05. The molecule has 2 rings (SSSR count). The molecule has 1 aromatic carbocycles. The lowest BCUT2D eigenvalue weighted by molar-refractivity contribution is 0.0678. The predicted molar refractivity (Wildman–Crippen MR) is 59.4 cm³/mol. The average Bonchev–Trinajstić information content (AvgIpc) is 2.59. The molecule has 2 aromatic rings. The van der Waals surface area contributed by atoms with Crippen LogP contribution in [0.2, 0.25) is 0 Å². The molecule has 0 saturated carbocycles. The number of benzene rings is 1. The first-order valence-corrected chi connectivity index (χ1v) is 5.17. The van der Waals surface area contributed by atoms with Crippen LogP contribution in [0.3, 0.4) is 0 Å². The minimum Gasteiger partial charge on any atom is -0.388 e.